The number of halogens is 1. The number of imidazole rings is 1. The van der Waals surface area contributed by atoms with Crippen LogP contribution in [0.25, 0.3) is 11.2 Å². The molecule has 0 radical (unpaired) electrons. The third kappa shape index (κ3) is 2.66. The van der Waals surface area contributed by atoms with Crippen LogP contribution in [-0.2, 0) is 13.0 Å². The van der Waals surface area contributed by atoms with Gasteiger partial charge in [-0.15, -0.1) is 0 Å². The standard InChI is InChI=1S/C12H17BrN4/c1-2-11-16-10-7-9(13)8-15-12(10)17(11)6-4-3-5-14/h7-8H,2-6,14H2,1H3. The molecular weight excluding hydrogens is 280 g/mol. The summed E-state index contributed by atoms with van der Waals surface area (Å²) >= 11 is 3.42. The van der Waals surface area contributed by atoms with Crippen molar-refractivity contribution in [2.75, 3.05) is 6.54 Å². The molecule has 0 saturated carbocycles. The lowest BCUT2D eigenvalue weighted by Crippen LogP contribution is -2.06. The van der Waals surface area contributed by atoms with Crippen LogP contribution in [0.3, 0.4) is 0 Å². The first-order valence-electron chi connectivity index (χ1n) is 5.97. The van der Waals surface area contributed by atoms with Gasteiger partial charge in [-0.2, -0.15) is 0 Å². The van der Waals surface area contributed by atoms with E-state index in [2.05, 4.69) is 37.4 Å². The number of fused-ring (bicyclic) bond motifs is 1. The van der Waals surface area contributed by atoms with Crippen molar-refractivity contribution in [3.05, 3.63) is 22.6 Å². The third-order valence-corrected chi connectivity index (χ3v) is 3.22. The fourth-order valence-electron chi connectivity index (χ4n) is 1.95. The highest BCUT2D eigenvalue weighted by Gasteiger charge is 2.10. The smallest absolute Gasteiger partial charge is 0.160 e. The third-order valence-electron chi connectivity index (χ3n) is 2.78. The van der Waals surface area contributed by atoms with Crippen LogP contribution in [0.15, 0.2) is 16.7 Å². The number of aryl methyl sites for hydroxylation is 2. The molecule has 17 heavy (non-hydrogen) atoms. The zero-order valence-electron chi connectivity index (χ0n) is 9.99. The Labute approximate surface area is 109 Å². The van der Waals surface area contributed by atoms with E-state index in [1.54, 1.807) is 0 Å². The van der Waals surface area contributed by atoms with Gasteiger partial charge in [0.25, 0.3) is 0 Å². The first-order chi connectivity index (χ1) is 8.26. The summed E-state index contributed by atoms with van der Waals surface area (Å²) in [5, 5.41) is 0. The Morgan fingerprint density at radius 2 is 2.24 bits per heavy atom. The average Bonchev–Trinajstić information content (AvgIpc) is 2.67. The fourth-order valence-corrected chi connectivity index (χ4v) is 2.27. The molecule has 92 valence electrons. The summed E-state index contributed by atoms with van der Waals surface area (Å²) in [6.45, 7) is 3.81. The lowest BCUT2D eigenvalue weighted by atomic mass is 10.3. The van der Waals surface area contributed by atoms with Gasteiger partial charge in [0, 0.05) is 23.6 Å². The number of nitrogens with two attached hydrogens (primary N) is 1. The molecule has 2 N–H and O–H groups in total. The summed E-state index contributed by atoms with van der Waals surface area (Å²) in [7, 11) is 0. The normalized spacial score (nSPS) is 11.2. The molecule has 0 aliphatic heterocycles. The molecule has 0 spiro atoms. The summed E-state index contributed by atoms with van der Waals surface area (Å²) in [6, 6.07) is 2.01. The molecule has 2 heterocycles. The van der Waals surface area contributed by atoms with Crippen molar-refractivity contribution in [3.8, 4) is 0 Å². The Bertz CT molecular complexity index is 506. The molecule has 0 unspecified atom stereocenters. The molecular formula is C12H17BrN4. The van der Waals surface area contributed by atoms with Crippen molar-refractivity contribution >= 4 is 27.1 Å². The predicted molar refractivity (Wildman–Crippen MR) is 72.9 cm³/mol. The lowest BCUT2D eigenvalue weighted by molar-refractivity contribution is 0.602. The first kappa shape index (κ1) is 12.5. The molecule has 0 aromatic carbocycles. The molecule has 0 saturated heterocycles. The minimum Gasteiger partial charge on any atom is -0.330 e. The van der Waals surface area contributed by atoms with Gasteiger partial charge in [-0.1, -0.05) is 6.92 Å². The van der Waals surface area contributed by atoms with E-state index in [-0.39, 0.29) is 0 Å². The van der Waals surface area contributed by atoms with Gasteiger partial charge in [0.05, 0.1) is 0 Å². The number of hydrogen-bond acceptors (Lipinski definition) is 3. The monoisotopic (exact) mass is 296 g/mol. The highest BCUT2D eigenvalue weighted by molar-refractivity contribution is 9.10. The van der Waals surface area contributed by atoms with E-state index in [0.29, 0.717) is 0 Å². The van der Waals surface area contributed by atoms with Crippen molar-refractivity contribution in [2.24, 2.45) is 5.73 Å². The molecule has 0 fully saturated rings. The SMILES string of the molecule is CCc1nc2cc(Br)cnc2n1CCCCN. The van der Waals surface area contributed by atoms with Gasteiger partial charge >= 0.3 is 0 Å². The Hall–Kier alpha value is -0.940. The van der Waals surface area contributed by atoms with Gasteiger partial charge < -0.3 is 10.3 Å². The van der Waals surface area contributed by atoms with Crippen LogP contribution in [0, 0.1) is 0 Å². The van der Waals surface area contributed by atoms with Gasteiger partial charge in [-0.25, -0.2) is 9.97 Å². The maximum atomic E-state index is 5.52. The molecule has 0 bridgehead atoms. The molecule has 2 aromatic heterocycles. The van der Waals surface area contributed by atoms with E-state index in [0.717, 1.165) is 53.8 Å². The van der Waals surface area contributed by atoms with E-state index in [1.807, 2.05) is 12.3 Å². The number of pyridine rings is 1. The van der Waals surface area contributed by atoms with Crippen LogP contribution in [0.1, 0.15) is 25.6 Å². The van der Waals surface area contributed by atoms with Crippen molar-refractivity contribution < 1.29 is 0 Å². The zero-order chi connectivity index (χ0) is 12.3. The van der Waals surface area contributed by atoms with E-state index < -0.39 is 0 Å². The molecule has 0 amide bonds. The summed E-state index contributed by atoms with van der Waals surface area (Å²) in [5.74, 6) is 1.10. The fraction of sp³-hybridized carbons (Fsp3) is 0.500. The number of nitrogens with zero attached hydrogens (tertiary/aromatic N) is 3. The van der Waals surface area contributed by atoms with E-state index in [9.17, 15) is 0 Å². The number of hydrogen-bond donors (Lipinski definition) is 1. The quantitative estimate of drug-likeness (QED) is 0.863. The van der Waals surface area contributed by atoms with Gasteiger partial charge in [0.2, 0.25) is 0 Å². The Morgan fingerprint density at radius 3 is 2.94 bits per heavy atom. The molecule has 0 aliphatic carbocycles. The molecule has 2 aromatic rings. The van der Waals surface area contributed by atoms with Crippen molar-refractivity contribution in [1.82, 2.24) is 14.5 Å². The number of rotatable bonds is 5. The molecule has 0 aliphatic rings. The van der Waals surface area contributed by atoms with Gasteiger partial charge in [-0.05, 0) is 41.4 Å². The molecule has 4 nitrogen and oxygen atoms in total. The van der Waals surface area contributed by atoms with Gasteiger partial charge in [-0.3, -0.25) is 0 Å². The predicted octanol–water partition coefficient (Wildman–Crippen LogP) is 2.50. The minimum atomic E-state index is 0.743. The van der Waals surface area contributed by atoms with Crippen LogP contribution in [-0.4, -0.2) is 21.1 Å². The van der Waals surface area contributed by atoms with Crippen molar-refractivity contribution in [3.63, 3.8) is 0 Å². The summed E-state index contributed by atoms with van der Waals surface area (Å²) < 4.78 is 3.18. The van der Waals surface area contributed by atoms with Gasteiger partial charge in [0.1, 0.15) is 11.3 Å². The maximum absolute atomic E-state index is 5.52. The Kier molecular flexibility index (Phi) is 4.12. The molecule has 0 atom stereocenters. The lowest BCUT2D eigenvalue weighted by Gasteiger charge is -2.06. The maximum Gasteiger partial charge on any atom is 0.160 e. The molecule has 2 rings (SSSR count). The van der Waals surface area contributed by atoms with Crippen LogP contribution >= 0.6 is 15.9 Å². The molecule has 5 heteroatoms. The van der Waals surface area contributed by atoms with Crippen LogP contribution in [0.4, 0.5) is 0 Å². The second-order valence-corrected chi connectivity index (χ2v) is 4.94. The number of aromatic nitrogens is 3. The largest absolute Gasteiger partial charge is 0.330 e. The summed E-state index contributed by atoms with van der Waals surface area (Å²) in [6.07, 6.45) is 4.87. The van der Waals surface area contributed by atoms with E-state index in [1.165, 1.54) is 0 Å². The number of unbranched alkanes of at least 4 members (excludes halogenated alkanes) is 1. The summed E-state index contributed by atoms with van der Waals surface area (Å²) in [4.78, 5) is 9.06. The second-order valence-electron chi connectivity index (χ2n) is 4.03. The van der Waals surface area contributed by atoms with E-state index in [4.69, 9.17) is 5.73 Å². The highest BCUT2D eigenvalue weighted by atomic mass is 79.9. The minimum absolute atomic E-state index is 0.743. The zero-order valence-corrected chi connectivity index (χ0v) is 11.6. The van der Waals surface area contributed by atoms with Crippen LogP contribution in [0.2, 0.25) is 0 Å². The van der Waals surface area contributed by atoms with Gasteiger partial charge in [0.15, 0.2) is 5.65 Å². The van der Waals surface area contributed by atoms with Crippen LogP contribution in [0.5, 0.6) is 0 Å². The van der Waals surface area contributed by atoms with Crippen molar-refractivity contribution in [1.29, 1.82) is 0 Å². The Morgan fingerprint density at radius 1 is 1.41 bits per heavy atom. The highest BCUT2D eigenvalue weighted by Crippen LogP contribution is 2.19. The summed E-state index contributed by atoms with van der Waals surface area (Å²) in [5.41, 5.74) is 7.46. The second kappa shape index (κ2) is 5.60. The Balaban J connectivity index is 2.36. The van der Waals surface area contributed by atoms with Crippen molar-refractivity contribution in [2.45, 2.75) is 32.7 Å². The topological polar surface area (TPSA) is 56.7 Å². The first-order valence-corrected chi connectivity index (χ1v) is 6.76. The average molecular weight is 297 g/mol. The van der Waals surface area contributed by atoms with Crippen LogP contribution < -0.4 is 5.73 Å². The van der Waals surface area contributed by atoms with E-state index >= 15 is 0 Å².